The molecular formula is C26H51N5O4S. The number of carbonyl (C=O) groups is 3. The van der Waals surface area contributed by atoms with Gasteiger partial charge in [-0.15, -0.1) is 0 Å². The van der Waals surface area contributed by atoms with E-state index in [-0.39, 0.29) is 18.2 Å². The van der Waals surface area contributed by atoms with Gasteiger partial charge in [0.05, 0.1) is 5.60 Å². The molecule has 0 spiro atoms. The van der Waals surface area contributed by atoms with Gasteiger partial charge in [-0.05, 0) is 44.9 Å². The predicted octanol–water partition coefficient (Wildman–Crippen LogP) is 1.48. The molecule has 10 heteroatoms. The Kier molecular flexibility index (Phi) is 14.3. The summed E-state index contributed by atoms with van der Waals surface area (Å²) in [6.07, 6.45) is 2.10. The molecule has 1 aliphatic heterocycles. The molecule has 0 aromatic carbocycles. The molecule has 1 heterocycles. The van der Waals surface area contributed by atoms with Crippen molar-refractivity contribution in [1.82, 2.24) is 19.6 Å². The molecule has 2 atom stereocenters. The fraction of sp³-hybridized carbons (Fsp3) is 0.885. The summed E-state index contributed by atoms with van der Waals surface area (Å²) in [6.45, 7) is 16.2. The summed E-state index contributed by atoms with van der Waals surface area (Å²) in [5, 5.41) is 10.2. The van der Waals surface area contributed by atoms with Crippen molar-refractivity contribution >= 4 is 29.5 Å². The zero-order chi connectivity index (χ0) is 27.5. The molecule has 0 unspecified atom stereocenters. The van der Waals surface area contributed by atoms with Gasteiger partial charge in [0.15, 0.2) is 0 Å². The normalized spacial score (nSPS) is 17.1. The average molecular weight is 530 g/mol. The van der Waals surface area contributed by atoms with Crippen LogP contribution in [0.5, 0.6) is 0 Å². The largest absolute Gasteiger partial charge is 0.390 e. The topological polar surface area (TPSA) is 110 Å². The molecule has 210 valence electrons. The second-order valence-electron chi connectivity index (χ2n) is 11.1. The van der Waals surface area contributed by atoms with Crippen LogP contribution in [0.15, 0.2) is 0 Å². The standard InChI is InChI=1S/C26H51N5O4S/c1-8-10-23(32)28(6)22(25(34)29(7)21(24(27)33)17-26(4,5)35)19-36-16-9-11-30-12-14-31(15-13-30)18-20(2)3/h20-22,35H,8-19H2,1-7H3,(H2,27,33)/t21-,22+/m0/s1. The van der Waals surface area contributed by atoms with Crippen molar-refractivity contribution in [1.29, 1.82) is 0 Å². The third kappa shape index (κ3) is 11.8. The van der Waals surface area contributed by atoms with Crippen molar-refractivity contribution < 1.29 is 19.5 Å². The fourth-order valence-electron chi connectivity index (χ4n) is 4.50. The first-order valence-corrected chi connectivity index (χ1v) is 14.5. The van der Waals surface area contributed by atoms with Crippen molar-refractivity contribution in [3.63, 3.8) is 0 Å². The predicted molar refractivity (Wildman–Crippen MR) is 148 cm³/mol. The van der Waals surface area contributed by atoms with Crippen LogP contribution in [0.25, 0.3) is 0 Å². The Hall–Kier alpha value is -1.36. The highest BCUT2D eigenvalue weighted by Gasteiger charge is 2.36. The Morgan fingerprint density at radius 2 is 1.61 bits per heavy atom. The van der Waals surface area contributed by atoms with E-state index in [1.165, 1.54) is 16.8 Å². The number of nitrogens with two attached hydrogens (primary N) is 1. The first kappa shape index (κ1) is 32.7. The van der Waals surface area contributed by atoms with E-state index >= 15 is 0 Å². The molecule has 0 aliphatic carbocycles. The van der Waals surface area contributed by atoms with Gasteiger partial charge in [-0.2, -0.15) is 11.8 Å². The molecule has 9 nitrogen and oxygen atoms in total. The van der Waals surface area contributed by atoms with E-state index in [0.717, 1.165) is 51.4 Å². The number of carbonyl (C=O) groups excluding carboxylic acids is 3. The van der Waals surface area contributed by atoms with E-state index in [2.05, 4.69) is 23.6 Å². The van der Waals surface area contributed by atoms with Crippen molar-refractivity contribution in [3.05, 3.63) is 0 Å². The monoisotopic (exact) mass is 529 g/mol. The van der Waals surface area contributed by atoms with Crippen molar-refractivity contribution in [3.8, 4) is 0 Å². The molecule has 0 bridgehead atoms. The Morgan fingerprint density at radius 3 is 2.11 bits per heavy atom. The Morgan fingerprint density at radius 1 is 1.03 bits per heavy atom. The number of rotatable bonds is 16. The lowest BCUT2D eigenvalue weighted by Gasteiger charge is -2.36. The van der Waals surface area contributed by atoms with E-state index in [1.807, 2.05) is 6.92 Å². The van der Waals surface area contributed by atoms with Crippen LogP contribution in [-0.2, 0) is 14.4 Å². The number of hydrogen-bond acceptors (Lipinski definition) is 7. The van der Waals surface area contributed by atoms with Gasteiger partial charge in [0, 0.05) is 65.4 Å². The molecule has 0 saturated carbocycles. The average Bonchev–Trinajstić information content (AvgIpc) is 2.78. The first-order chi connectivity index (χ1) is 16.8. The van der Waals surface area contributed by atoms with E-state index in [9.17, 15) is 19.5 Å². The highest BCUT2D eigenvalue weighted by atomic mass is 32.2. The third-order valence-electron chi connectivity index (χ3n) is 6.57. The summed E-state index contributed by atoms with van der Waals surface area (Å²) in [4.78, 5) is 46.0. The second kappa shape index (κ2) is 15.8. The highest BCUT2D eigenvalue weighted by molar-refractivity contribution is 7.99. The Balaban J connectivity index is 2.69. The number of piperazine rings is 1. The molecule has 36 heavy (non-hydrogen) atoms. The maximum absolute atomic E-state index is 13.5. The van der Waals surface area contributed by atoms with Crippen LogP contribution in [-0.4, -0.2) is 125 Å². The van der Waals surface area contributed by atoms with E-state index in [1.54, 1.807) is 32.7 Å². The first-order valence-electron chi connectivity index (χ1n) is 13.3. The number of aliphatic hydroxyl groups is 1. The third-order valence-corrected chi connectivity index (χ3v) is 7.70. The maximum Gasteiger partial charge on any atom is 0.246 e. The van der Waals surface area contributed by atoms with E-state index < -0.39 is 23.6 Å². The smallest absolute Gasteiger partial charge is 0.246 e. The van der Waals surface area contributed by atoms with Crippen molar-refractivity contribution in [2.45, 2.75) is 78.0 Å². The number of primary amides is 1. The van der Waals surface area contributed by atoms with Gasteiger partial charge >= 0.3 is 0 Å². The molecule has 0 radical (unpaired) electrons. The van der Waals surface area contributed by atoms with Crippen LogP contribution in [0, 0.1) is 5.92 Å². The van der Waals surface area contributed by atoms with Gasteiger partial charge in [0.1, 0.15) is 12.1 Å². The number of nitrogens with zero attached hydrogens (tertiary/aromatic N) is 4. The highest BCUT2D eigenvalue weighted by Crippen LogP contribution is 2.19. The van der Waals surface area contributed by atoms with Gasteiger partial charge in [0.25, 0.3) is 0 Å². The number of likely N-dealkylation sites (N-methyl/N-ethyl adjacent to an activating group) is 2. The van der Waals surface area contributed by atoms with E-state index in [4.69, 9.17) is 5.73 Å². The van der Waals surface area contributed by atoms with Crippen LogP contribution in [0.2, 0.25) is 0 Å². The zero-order valence-corrected chi connectivity index (χ0v) is 24.5. The molecule has 1 rings (SSSR count). The maximum atomic E-state index is 13.5. The Labute approximate surface area is 223 Å². The SMILES string of the molecule is CCCC(=O)N(C)[C@H](CSCCCN1CCN(CC(C)C)CC1)C(=O)N(C)[C@@H](CC(C)(C)O)C(N)=O. The van der Waals surface area contributed by atoms with Crippen molar-refractivity contribution in [2.24, 2.45) is 11.7 Å². The minimum absolute atomic E-state index is 0.0293. The second-order valence-corrected chi connectivity index (χ2v) is 12.3. The quantitative estimate of drug-likeness (QED) is 0.292. The lowest BCUT2D eigenvalue weighted by molar-refractivity contribution is -0.147. The molecule has 0 aromatic rings. The molecule has 1 fully saturated rings. The van der Waals surface area contributed by atoms with Crippen LogP contribution in [0.1, 0.15) is 60.3 Å². The van der Waals surface area contributed by atoms with Crippen LogP contribution >= 0.6 is 11.8 Å². The molecule has 0 aromatic heterocycles. The van der Waals surface area contributed by atoms with Gasteiger partial charge in [-0.25, -0.2) is 0 Å². The molecular weight excluding hydrogens is 478 g/mol. The van der Waals surface area contributed by atoms with Crippen LogP contribution in [0.3, 0.4) is 0 Å². The van der Waals surface area contributed by atoms with Gasteiger partial charge in [-0.1, -0.05) is 20.8 Å². The number of hydrogen-bond donors (Lipinski definition) is 2. The summed E-state index contributed by atoms with van der Waals surface area (Å²) in [7, 11) is 3.18. The summed E-state index contributed by atoms with van der Waals surface area (Å²) < 4.78 is 0. The molecule has 3 N–H and O–H groups in total. The summed E-state index contributed by atoms with van der Waals surface area (Å²) in [6, 6.07) is -1.64. The van der Waals surface area contributed by atoms with E-state index in [0.29, 0.717) is 24.5 Å². The molecule has 1 saturated heterocycles. The van der Waals surface area contributed by atoms with Crippen LogP contribution < -0.4 is 5.73 Å². The number of thioether (sulfide) groups is 1. The molecule has 1 aliphatic rings. The summed E-state index contributed by atoms with van der Waals surface area (Å²) >= 11 is 1.66. The lowest BCUT2D eigenvalue weighted by atomic mass is 9.97. The van der Waals surface area contributed by atoms with Gasteiger partial charge in [0.2, 0.25) is 17.7 Å². The lowest BCUT2D eigenvalue weighted by Crippen LogP contribution is -2.56. The summed E-state index contributed by atoms with van der Waals surface area (Å²) in [5.74, 6) is 0.934. The zero-order valence-electron chi connectivity index (χ0n) is 23.7. The van der Waals surface area contributed by atoms with Gasteiger partial charge < -0.3 is 30.4 Å². The Bertz CT molecular complexity index is 692. The number of amides is 3. The van der Waals surface area contributed by atoms with Crippen molar-refractivity contribution in [2.75, 3.05) is 64.9 Å². The van der Waals surface area contributed by atoms with Crippen LogP contribution in [0.4, 0.5) is 0 Å². The summed E-state index contributed by atoms with van der Waals surface area (Å²) in [5.41, 5.74) is 4.41. The fourth-order valence-corrected chi connectivity index (χ4v) is 5.59. The molecule has 3 amide bonds. The minimum atomic E-state index is -1.16. The van der Waals surface area contributed by atoms with Gasteiger partial charge in [-0.3, -0.25) is 14.4 Å². The minimum Gasteiger partial charge on any atom is -0.390 e.